The first kappa shape index (κ1) is 15.9. The molecule has 0 heterocycles. The van der Waals surface area contributed by atoms with Crippen LogP contribution in [0.3, 0.4) is 0 Å². The van der Waals surface area contributed by atoms with Gasteiger partial charge in [0.15, 0.2) is 0 Å². The van der Waals surface area contributed by atoms with Crippen molar-refractivity contribution in [3.05, 3.63) is 23.3 Å². The lowest BCUT2D eigenvalue weighted by Crippen LogP contribution is -2.46. The number of methoxy groups -OCH3 is 1. The molecule has 2 N–H and O–H groups in total. The van der Waals surface area contributed by atoms with Gasteiger partial charge in [-0.1, -0.05) is 0 Å². The van der Waals surface area contributed by atoms with Crippen molar-refractivity contribution in [2.75, 3.05) is 13.7 Å². The van der Waals surface area contributed by atoms with Crippen molar-refractivity contribution in [2.24, 2.45) is 0 Å². The Morgan fingerprint density at radius 3 is 2.26 bits per heavy atom. The molecule has 1 aromatic rings. The average Bonchev–Trinajstić information content (AvgIpc) is 2.30. The molecule has 0 unspecified atom stereocenters. The van der Waals surface area contributed by atoms with E-state index in [1.807, 2.05) is 13.8 Å². The number of sulfonamides is 1. The summed E-state index contributed by atoms with van der Waals surface area (Å²) in [6.07, 6.45) is 0. The minimum atomic E-state index is -3.75. The molecule has 0 saturated carbocycles. The highest BCUT2D eigenvalue weighted by Gasteiger charge is 2.28. The molecule has 108 valence electrons. The lowest BCUT2D eigenvalue weighted by atomic mass is 10.1. The molecule has 0 aliphatic heterocycles. The van der Waals surface area contributed by atoms with E-state index in [2.05, 4.69) is 4.72 Å². The Kier molecular flexibility index (Phi) is 4.60. The molecule has 0 radical (unpaired) electrons. The maximum atomic E-state index is 12.3. The predicted octanol–water partition coefficient (Wildman–Crippen LogP) is 1.36. The quantitative estimate of drug-likeness (QED) is 0.857. The van der Waals surface area contributed by atoms with Crippen LogP contribution in [-0.2, 0) is 10.0 Å². The minimum Gasteiger partial charge on any atom is -0.495 e. The fraction of sp³-hybridized carbons (Fsp3) is 0.538. The molecule has 0 fully saturated rings. The average molecular weight is 287 g/mol. The molecule has 0 aliphatic rings. The van der Waals surface area contributed by atoms with Crippen molar-refractivity contribution in [2.45, 2.75) is 38.1 Å². The number of rotatable bonds is 5. The van der Waals surface area contributed by atoms with Gasteiger partial charge in [-0.2, -0.15) is 0 Å². The SMILES string of the molecule is COc1cc(C)c(C)cc1S(=O)(=O)NC(C)(C)CO. The second-order valence-electron chi connectivity index (χ2n) is 5.23. The molecule has 0 bridgehead atoms. The van der Waals surface area contributed by atoms with Crippen LogP contribution in [0.25, 0.3) is 0 Å². The zero-order chi connectivity index (χ0) is 14.8. The van der Waals surface area contributed by atoms with Crippen molar-refractivity contribution in [3.63, 3.8) is 0 Å². The maximum Gasteiger partial charge on any atom is 0.244 e. The second kappa shape index (κ2) is 5.48. The minimum absolute atomic E-state index is 0.0830. The molecular weight excluding hydrogens is 266 g/mol. The molecule has 1 aromatic carbocycles. The number of aryl methyl sites for hydroxylation is 2. The Bertz CT molecular complexity index is 564. The van der Waals surface area contributed by atoms with E-state index >= 15 is 0 Å². The lowest BCUT2D eigenvalue weighted by molar-refractivity contribution is 0.208. The highest BCUT2D eigenvalue weighted by molar-refractivity contribution is 7.89. The molecule has 0 spiro atoms. The van der Waals surface area contributed by atoms with Crippen LogP contribution in [0.2, 0.25) is 0 Å². The van der Waals surface area contributed by atoms with Crippen LogP contribution in [0.1, 0.15) is 25.0 Å². The Balaban J connectivity index is 3.32. The highest BCUT2D eigenvalue weighted by Crippen LogP contribution is 2.28. The van der Waals surface area contributed by atoms with E-state index in [0.29, 0.717) is 5.75 Å². The number of aliphatic hydroxyl groups is 1. The largest absolute Gasteiger partial charge is 0.495 e. The van der Waals surface area contributed by atoms with E-state index in [-0.39, 0.29) is 11.5 Å². The van der Waals surface area contributed by atoms with E-state index in [1.54, 1.807) is 26.0 Å². The number of aliphatic hydroxyl groups excluding tert-OH is 1. The van der Waals surface area contributed by atoms with Gasteiger partial charge in [-0.15, -0.1) is 0 Å². The van der Waals surface area contributed by atoms with Gasteiger partial charge >= 0.3 is 0 Å². The number of nitrogens with one attached hydrogen (secondary N) is 1. The monoisotopic (exact) mass is 287 g/mol. The maximum absolute atomic E-state index is 12.3. The summed E-state index contributed by atoms with van der Waals surface area (Å²) < 4.78 is 32.3. The van der Waals surface area contributed by atoms with Gasteiger partial charge in [-0.05, 0) is 51.0 Å². The smallest absolute Gasteiger partial charge is 0.244 e. The third-order valence-corrected chi connectivity index (χ3v) is 4.59. The number of hydrogen-bond donors (Lipinski definition) is 2. The van der Waals surface area contributed by atoms with E-state index in [9.17, 15) is 13.5 Å². The van der Waals surface area contributed by atoms with Crippen LogP contribution < -0.4 is 9.46 Å². The topological polar surface area (TPSA) is 75.6 Å². The first-order chi connectivity index (χ1) is 8.63. The van der Waals surface area contributed by atoms with Gasteiger partial charge in [-0.25, -0.2) is 13.1 Å². The normalized spacial score (nSPS) is 12.5. The van der Waals surface area contributed by atoms with Crippen LogP contribution in [0.15, 0.2) is 17.0 Å². The molecule has 6 heteroatoms. The van der Waals surface area contributed by atoms with E-state index in [4.69, 9.17) is 4.74 Å². The summed E-state index contributed by atoms with van der Waals surface area (Å²) in [5.41, 5.74) is 0.892. The third-order valence-electron chi connectivity index (χ3n) is 2.88. The summed E-state index contributed by atoms with van der Waals surface area (Å²) in [6, 6.07) is 3.26. The first-order valence-electron chi connectivity index (χ1n) is 5.93. The van der Waals surface area contributed by atoms with Gasteiger partial charge in [0, 0.05) is 0 Å². The Labute approximate surface area is 114 Å². The number of ether oxygens (including phenoxy) is 1. The van der Waals surface area contributed by atoms with Gasteiger partial charge in [0.25, 0.3) is 0 Å². The fourth-order valence-electron chi connectivity index (χ4n) is 1.58. The van der Waals surface area contributed by atoms with Gasteiger partial charge in [0.1, 0.15) is 10.6 Å². The van der Waals surface area contributed by atoms with E-state index < -0.39 is 15.6 Å². The van der Waals surface area contributed by atoms with E-state index in [1.165, 1.54) is 7.11 Å². The van der Waals surface area contributed by atoms with Crippen LogP contribution in [0.5, 0.6) is 5.75 Å². The summed E-state index contributed by atoms with van der Waals surface area (Å²) in [5, 5.41) is 9.17. The number of benzene rings is 1. The summed E-state index contributed by atoms with van der Waals surface area (Å²) in [7, 11) is -2.32. The molecule has 0 saturated heterocycles. The predicted molar refractivity (Wildman–Crippen MR) is 74.0 cm³/mol. The van der Waals surface area contributed by atoms with Crippen LogP contribution in [0, 0.1) is 13.8 Å². The Hall–Kier alpha value is -1.11. The highest BCUT2D eigenvalue weighted by atomic mass is 32.2. The van der Waals surface area contributed by atoms with Crippen molar-refractivity contribution < 1.29 is 18.3 Å². The molecule has 0 aromatic heterocycles. The zero-order valence-corrected chi connectivity index (χ0v) is 12.8. The van der Waals surface area contributed by atoms with Crippen molar-refractivity contribution in [1.82, 2.24) is 4.72 Å². The number of hydrogen-bond acceptors (Lipinski definition) is 4. The Morgan fingerprint density at radius 1 is 1.26 bits per heavy atom. The second-order valence-corrected chi connectivity index (χ2v) is 6.89. The van der Waals surface area contributed by atoms with Crippen molar-refractivity contribution in [1.29, 1.82) is 0 Å². The van der Waals surface area contributed by atoms with Crippen LogP contribution in [0.4, 0.5) is 0 Å². The van der Waals surface area contributed by atoms with Gasteiger partial charge in [-0.3, -0.25) is 0 Å². The molecule has 0 amide bonds. The van der Waals surface area contributed by atoms with Gasteiger partial charge in [0.05, 0.1) is 19.3 Å². The molecule has 0 atom stereocenters. The van der Waals surface area contributed by atoms with Crippen LogP contribution in [-0.4, -0.2) is 32.8 Å². The summed E-state index contributed by atoms with van der Waals surface area (Å²) >= 11 is 0. The zero-order valence-electron chi connectivity index (χ0n) is 11.9. The van der Waals surface area contributed by atoms with Crippen LogP contribution >= 0.6 is 0 Å². The molecular formula is C13H21NO4S. The molecule has 5 nitrogen and oxygen atoms in total. The molecule has 19 heavy (non-hydrogen) atoms. The third kappa shape index (κ3) is 3.68. The summed E-state index contributed by atoms with van der Waals surface area (Å²) in [5.74, 6) is 0.296. The van der Waals surface area contributed by atoms with Crippen molar-refractivity contribution >= 4 is 10.0 Å². The molecule has 1 rings (SSSR count). The van der Waals surface area contributed by atoms with E-state index in [0.717, 1.165) is 11.1 Å². The van der Waals surface area contributed by atoms with Gasteiger partial charge in [0.2, 0.25) is 10.0 Å². The lowest BCUT2D eigenvalue weighted by Gasteiger charge is -2.24. The standard InChI is InChI=1S/C13H21NO4S/c1-9-6-11(18-5)12(7-10(9)2)19(16,17)14-13(3,4)8-15/h6-7,14-15H,8H2,1-5H3. The molecule has 0 aliphatic carbocycles. The van der Waals surface area contributed by atoms with Crippen molar-refractivity contribution in [3.8, 4) is 5.75 Å². The Morgan fingerprint density at radius 2 is 1.79 bits per heavy atom. The summed E-state index contributed by atoms with van der Waals surface area (Å²) in [4.78, 5) is 0.0830. The van der Waals surface area contributed by atoms with Gasteiger partial charge < -0.3 is 9.84 Å². The fourth-order valence-corrected chi connectivity index (χ4v) is 3.22. The first-order valence-corrected chi connectivity index (χ1v) is 7.41. The summed E-state index contributed by atoms with van der Waals surface area (Å²) in [6.45, 7) is 6.65.